The summed E-state index contributed by atoms with van der Waals surface area (Å²) >= 11 is 0. The largest absolute Gasteiger partial charge is 0.494 e. The molecule has 0 heterocycles. The van der Waals surface area contributed by atoms with Crippen molar-refractivity contribution in [2.24, 2.45) is 35.3 Å². The number of fused-ring (bicyclic) bond motifs is 1. The van der Waals surface area contributed by atoms with E-state index < -0.39 is 0 Å². The molecule has 1 aromatic carbocycles. The van der Waals surface area contributed by atoms with Crippen LogP contribution >= 0.6 is 0 Å². The topological polar surface area (TPSA) is 52.3 Å². The molecule has 1 aromatic rings. The van der Waals surface area contributed by atoms with Crippen LogP contribution in [0.25, 0.3) is 0 Å². The Bertz CT molecular complexity index is 698. The minimum absolute atomic E-state index is 0.0123. The summed E-state index contributed by atoms with van der Waals surface area (Å²) in [4.78, 5) is 13.6. The summed E-state index contributed by atoms with van der Waals surface area (Å²) < 4.78 is 5.87. The number of hydrogen-bond acceptors (Lipinski definition) is 3. The summed E-state index contributed by atoms with van der Waals surface area (Å²) in [5.74, 6) is 4.39. The zero-order valence-corrected chi connectivity index (χ0v) is 19.1. The van der Waals surface area contributed by atoms with Gasteiger partial charge >= 0.3 is 0 Å². The minimum atomic E-state index is -0.0638. The Labute approximate surface area is 177 Å². The number of Topliss-reactive ketones (excluding diaryl/α,β-unsaturated/α-hetero) is 1. The van der Waals surface area contributed by atoms with Crippen molar-refractivity contribution in [3.05, 3.63) is 29.3 Å². The first-order valence-corrected chi connectivity index (χ1v) is 11.9. The fourth-order valence-corrected chi connectivity index (χ4v) is 6.11. The third-order valence-electron chi connectivity index (χ3n) is 7.62. The number of ketones is 1. The molecule has 0 saturated heterocycles. The lowest BCUT2D eigenvalue weighted by Gasteiger charge is -2.42. The Morgan fingerprint density at radius 2 is 1.90 bits per heavy atom. The van der Waals surface area contributed by atoms with E-state index in [1.54, 1.807) is 0 Å². The first-order chi connectivity index (χ1) is 13.9. The van der Waals surface area contributed by atoms with E-state index in [0.717, 1.165) is 30.4 Å². The van der Waals surface area contributed by atoms with E-state index in [1.165, 1.54) is 30.4 Å². The lowest BCUT2D eigenvalue weighted by molar-refractivity contribution is -0.123. The predicted octanol–water partition coefficient (Wildman–Crippen LogP) is 5.92. The molecule has 2 N–H and O–H groups in total. The van der Waals surface area contributed by atoms with Gasteiger partial charge in [0.2, 0.25) is 0 Å². The summed E-state index contributed by atoms with van der Waals surface area (Å²) in [5, 5.41) is 0. The zero-order valence-electron chi connectivity index (χ0n) is 19.1. The van der Waals surface area contributed by atoms with Crippen LogP contribution in [0.1, 0.15) is 89.7 Å². The normalized spacial score (nSPS) is 30.4. The van der Waals surface area contributed by atoms with Gasteiger partial charge in [0.1, 0.15) is 11.5 Å². The maximum atomic E-state index is 13.6. The van der Waals surface area contributed by atoms with Crippen LogP contribution in [0.4, 0.5) is 0 Å². The van der Waals surface area contributed by atoms with Gasteiger partial charge in [0, 0.05) is 11.8 Å². The van der Waals surface area contributed by atoms with Gasteiger partial charge in [-0.25, -0.2) is 0 Å². The Kier molecular flexibility index (Phi) is 7.42. The highest BCUT2D eigenvalue weighted by atomic mass is 16.5. The molecule has 0 aliphatic heterocycles. The first kappa shape index (κ1) is 22.3. The van der Waals surface area contributed by atoms with Crippen LogP contribution in [0.2, 0.25) is 0 Å². The fraction of sp³-hybridized carbons (Fsp3) is 0.731. The van der Waals surface area contributed by atoms with Crippen molar-refractivity contribution in [1.82, 2.24) is 0 Å². The Morgan fingerprint density at radius 1 is 1.14 bits per heavy atom. The van der Waals surface area contributed by atoms with Crippen LogP contribution in [0.3, 0.4) is 0 Å². The molecule has 4 unspecified atom stereocenters. The SMILES string of the molecule is CCCOc1ccc2c(c1)C(CCN)C(=O)C2[C@@H](C)C1CC(C)CC[C@H]1C(C)C. The predicted molar refractivity (Wildman–Crippen MR) is 120 cm³/mol. The number of nitrogens with two attached hydrogens (primary N) is 1. The van der Waals surface area contributed by atoms with Crippen molar-refractivity contribution in [3.8, 4) is 5.75 Å². The molecular formula is C26H41NO2. The summed E-state index contributed by atoms with van der Waals surface area (Å²) in [6.07, 6.45) is 5.61. The summed E-state index contributed by atoms with van der Waals surface area (Å²) in [6.45, 7) is 12.8. The van der Waals surface area contributed by atoms with Crippen LogP contribution in [0, 0.1) is 29.6 Å². The van der Waals surface area contributed by atoms with E-state index in [0.29, 0.717) is 36.7 Å². The number of rotatable bonds is 8. The van der Waals surface area contributed by atoms with Crippen molar-refractivity contribution in [2.45, 2.75) is 78.6 Å². The van der Waals surface area contributed by atoms with Crippen molar-refractivity contribution in [1.29, 1.82) is 0 Å². The molecule has 3 heteroatoms. The van der Waals surface area contributed by atoms with Gasteiger partial charge in [-0.15, -0.1) is 0 Å². The van der Waals surface area contributed by atoms with Crippen LogP contribution in [-0.2, 0) is 4.79 Å². The highest BCUT2D eigenvalue weighted by Gasteiger charge is 2.46. The Morgan fingerprint density at radius 3 is 2.55 bits per heavy atom. The van der Waals surface area contributed by atoms with E-state index in [2.05, 4.69) is 52.8 Å². The molecular weight excluding hydrogens is 358 g/mol. The number of hydrogen-bond donors (Lipinski definition) is 1. The Balaban J connectivity index is 1.93. The summed E-state index contributed by atoms with van der Waals surface area (Å²) in [5.41, 5.74) is 8.32. The monoisotopic (exact) mass is 399 g/mol. The molecule has 0 radical (unpaired) electrons. The van der Waals surface area contributed by atoms with Gasteiger partial charge in [-0.05, 0) is 85.1 Å². The van der Waals surface area contributed by atoms with E-state index in [4.69, 9.17) is 10.5 Å². The van der Waals surface area contributed by atoms with Gasteiger partial charge < -0.3 is 10.5 Å². The summed E-state index contributed by atoms with van der Waals surface area (Å²) in [7, 11) is 0. The standard InChI is InChI=1S/C26H41NO2/c1-6-13-29-19-8-10-21-24(15-19)22(11-12-27)26(28)25(21)18(5)23-14-17(4)7-9-20(23)16(2)3/h8,10,15-18,20,22-23,25H,6-7,9,11-14,27H2,1-5H3/t17?,18-,20-,22?,23?,25?/m0/s1. The maximum absolute atomic E-state index is 13.6. The van der Waals surface area contributed by atoms with Crippen LogP contribution in [-0.4, -0.2) is 18.9 Å². The lowest BCUT2D eigenvalue weighted by atomic mass is 9.62. The van der Waals surface area contributed by atoms with Gasteiger partial charge in [-0.3, -0.25) is 4.79 Å². The van der Waals surface area contributed by atoms with Gasteiger partial charge in [0.25, 0.3) is 0 Å². The second-order valence-corrected chi connectivity index (χ2v) is 10.00. The highest BCUT2D eigenvalue weighted by molar-refractivity contribution is 5.97. The van der Waals surface area contributed by atoms with Crippen molar-refractivity contribution in [3.63, 3.8) is 0 Å². The second kappa shape index (κ2) is 9.64. The average molecular weight is 400 g/mol. The molecule has 29 heavy (non-hydrogen) atoms. The summed E-state index contributed by atoms with van der Waals surface area (Å²) in [6, 6.07) is 6.36. The molecule has 0 spiro atoms. The van der Waals surface area contributed by atoms with E-state index in [1.807, 2.05) is 0 Å². The van der Waals surface area contributed by atoms with Crippen molar-refractivity contribution in [2.75, 3.05) is 13.2 Å². The molecule has 3 nitrogen and oxygen atoms in total. The van der Waals surface area contributed by atoms with Gasteiger partial charge in [-0.2, -0.15) is 0 Å². The quantitative estimate of drug-likeness (QED) is 0.590. The molecule has 6 atom stereocenters. The number of carbonyl (C=O) groups excluding carboxylic acids is 1. The van der Waals surface area contributed by atoms with Crippen LogP contribution < -0.4 is 10.5 Å². The van der Waals surface area contributed by atoms with E-state index in [-0.39, 0.29) is 11.8 Å². The molecule has 0 aromatic heterocycles. The molecule has 1 saturated carbocycles. The molecule has 2 aliphatic rings. The lowest BCUT2D eigenvalue weighted by Crippen LogP contribution is -2.35. The Hall–Kier alpha value is -1.35. The molecule has 0 amide bonds. The number of carbonyl (C=O) groups is 1. The second-order valence-electron chi connectivity index (χ2n) is 10.00. The number of benzene rings is 1. The van der Waals surface area contributed by atoms with Crippen molar-refractivity contribution >= 4 is 5.78 Å². The molecule has 1 fully saturated rings. The van der Waals surface area contributed by atoms with E-state index in [9.17, 15) is 4.79 Å². The van der Waals surface area contributed by atoms with Gasteiger partial charge in [0.05, 0.1) is 6.61 Å². The fourth-order valence-electron chi connectivity index (χ4n) is 6.11. The molecule has 2 aliphatic carbocycles. The van der Waals surface area contributed by atoms with Gasteiger partial charge in [0.15, 0.2) is 0 Å². The van der Waals surface area contributed by atoms with Crippen LogP contribution in [0.5, 0.6) is 5.75 Å². The van der Waals surface area contributed by atoms with Gasteiger partial charge in [-0.1, -0.05) is 47.1 Å². The zero-order chi connectivity index (χ0) is 21.1. The number of ether oxygens (including phenoxy) is 1. The molecule has 0 bridgehead atoms. The molecule has 162 valence electrons. The van der Waals surface area contributed by atoms with Crippen LogP contribution in [0.15, 0.2) is 18.2 Å². The average Bonchev–Trinajstić information content (AvgIpc) is 2.97. The van der Waals surface area contributed by atoms with E-state index >= 15 is 0 Å². The molecule has 3 rings (SSSR count). The van der Waals surface area contributed by atoms with Crippen molar-refractivity contribution < 1.29 is 9.53 Å². The highest BCUT2D eigenvalue weighted by Crippen LogP contribution is 2.51. The third kappa shape index (κ3) is 4.55. The maximum Gasteiger partial charge on any atom is 0.148 e. The first-order valence-electron chi connectivity index (χ1n) is 11.9. The smallest absolute Gasteiger partial charge is 0.148 e. The third-order valence-corrected chi connectivity index (χ3v) is 7.62. The minimum Gasteiger partial charge on any atom is -0.494 e.